The smallest absolute Gasteiger partial charge is 0.335 e. The van der Waals surface area contributed by atoms with Gasteiger partial charge in [0, 0.05) is 19.2 Å². The zero-order valence-electron chi connectivity index (χ0n) is 15.5. The van der Waals surface area contributed by atoms with E-state index in [0.717, 1.165) is 11.6 Å². The van der Waals surface area contributed by atoms with E-state index in [1.165, 1.54) is 19.2 Å². The Hall–Kier alpha value is -2.42. The van der Waals surface area contributed by atoms with Crippen LogP contribution in [0.3, 0.4) is 0 Å². The van der Waals surface area contributed by atoms with Crippen molar-refractivity contribution in [2.45, 2.75) is 30.8 Å². The average Bonchev–Trinajstić information content (AvgIpc) is 2.62. The van der Waals surface area contributed by atoms with Crippen molar-refractivity contribution in [2.24, 2.45) is 0 Å². The average molecular weight is 392 g/mol. The van der Waals surface area contributed by atoms with Crippen LogP contribution in [0, 0.1) is 0 Å². The number of carboxylic acid groups (broad SMARTS) is 1. The normalized spacial score (nSPS) is 13.7. The molecule has 8 heteroatoms. The molecule has 0 aliphatic heterocycles. The number of nitrogens with one attached hydrogen (secondary N) is 2. The predicted octanol–water partition coefficient (Wildman–Crippen LogP) is 2.87. The third-order valence-corrected chi connectivity index (χ3v) is 5.59. The van der Waals surface area contributed by atoms with E-state index < -0.39 is 22.0 Å². The Labute approximate surface area is 159 Å². The maximum absolute atomic E-state index is 12.8. The minimum Gasteiger partial charge on any atom is -0.478 e. The van der Waals surface area contributed by atoms with Gasteiger partial charge in [0.05, 0.1) is 17.9 Å². The van der Waals surface area contributed by atoms with Crippen molar-refractivity contribution in [1.82, 2.24) is 4.72 Å². The first kappa shape index (κ1) is 20.9. The van der Waals surface area contributed by atoms with Gasteiger partial charge in [-0.1, -0.05) is 30.3 Å². The highest BCUT2D eigenvalue weighted by Gasteiger charge is 2.23. The number of methoxy groups -OCH3 is 1. The Bertz CT molecular complexity index is 884. The van der Waals surface area contributed by atoms with E-state index in [4.69, 9.17) is 4.74 Å². The Morgan fingerprint density at radius 3 is 2.41 bits per heavy atom. The fraction of sp³-hybridized carbons (Fsp3) is 0.316. The molecule has 2 rings (SSSR count). The Morgan fingerprint density at radius 1 is 1.15 bits per heavy atom. The number of hydrogen-bond acceptors (Lipinski definition) is 5. The van der Waals surface area contributed by atoms with Crippen LogP contribution in [-0.2, 0) is 14.8 Å². The van der Waals surface area contributed by atoms with Crippen LogP contribution in [0.15, 0.2) is 53.4 Å². The first-order valence-electron chi connectivity index (χ1n) is 8.44. The highest BCUT2D eigenvalue weighted by Crippen LogP contribution is 2.27. The van der Waals surface area contributed by atoms with Crippen LogP contribution < -0.4 is 10.0 Å². The predicted molar refractivity (Wildman–Crippen MR) is 104 cm³/mol. The number of carboxylic acids is 1. The molecule has 27 heavy (non-hydrogen) atoms. The maximum atomic E-state index is 12.8. The van der Waals surface area contributed by atoms with E-state index in [1.807, 2.05) is 37.3 Å². The highest BCUT2D eigenvalue weighted by atomic mass is 32.2. The van der Waals surface area contributed by atoms with Gasteiger partial charge in [-0.25, -0.2) is 17.9 Å². The van der Waals surface area contributed by atoms with Gasteiger partial charge in [-0.15, -0.1) is 0 Å². The Balaban J connectivity index is 2.41. The fourth-order valence-corrected chi connectivity index (χ4v) is 4.09. The van der Waals surface area contributed by atoms with E-state index in [9.17, 15) is 18.3 Å². The molecule has 7 nitrogen and oxygen atoms in total. The van der Waals surface area contributed by atoms with Crippen molar-refractivity contribution in [3.63, 3.8) is 0 Å². The summed E-state index contributed by atoms with van der Waals surface area (Å²) >= 11 is 0. The van der Waals surface area contributed by atoms with E-state index >= 15 is 0 Å². The van der Waals surface area contributed by atoms with Gasteiger partial charge in [0.25, 0.3) is 0 Å². The van der Waals surface area contributed by atoms with Crippen LogP contribution in [0.25, 0.3) is 0 Å². The molecule has 2 atom stereocenters. The molecule has 146 valence electrons. The third-order valence-electron chi connectivity index (χ3n) is 3.96. The molecule has 0 aliphatic rings. The lowest BCUT2D eigenvalue weighted by Crippen LogP contribution is -2.36. The van der Waals surface area contributed by atoms with Crippen LogP contribution in [0.1, 0.15) is 35.8 Å². The quantitative estimate of drug-likeness (QED) is 0.606. The standard InChI is InChI=1S/C19H24N2O5S/c1-13(12-26-3)21-27(24,25)18-11-16(19(22)23)9-10-17(18)20-14(2)15-7-5-4-6-8-15/h4-11,13-14,20-21H,12H2,1-3H3,(H,22,23)/t13-,14+/m1/s1. The van der Waals surface area contributed by atoms with Crippen molar-refractivity contribution in [3.05, 3.63) is 59.7 Å². The molecule has 0 aromatic heterocycles. The Morgan fingerprint density at radius 2 is 1.81 bits per heavy atom. The van der Waals surface area contributed by atoms with Gasteiger partial charge in [0.1, 0.15) is 4.90 Å². The van der Waals surface area contributed by atoms with Crippen LogP contribution in [0.4, 0.5) is 5.69 Å². The summed E-state index contributed by atoms with van der Waals surface area (Å²) in [7, 11) is -2.48. The SMILES string of the molecule is COC[C@@H](C)NS(=O)(=O)c1cc(C(=O)O)ccc1N[C@@H](C)c1ccccc1. The monoisotopic (exact) mass is 392 g/mol. The molecule has 2 aromatic carbocycles. The van der Waals surface area contributed by atoms with Crippen molar-refractivity contribution < 1.29 is 23.1 Å². The summed E-state index contributed by atoms with van der Waals surface area (Å²) < 4.78 is 33.1. The summed E-state index contributed by atoms with van der Waals surface area (Å²) in [5.74, 6) is -1.20. The fourth-order valence-electron chi connectivity index (χ4n) is 2.67. The summed E-state index contributed by atoms with van der Waals surface area (Å²) in [6.45, 7) is 3.76. The largest absolute Gasteiger partial charge is 0.478 e. The van der Waals surface area contributed by atoms with Crippen LogP contribution >= 0.6 is 0 Å². The summed E-state index contributed by atoms with van der Waals surface area (Å²) in [5, 5.41) is 12.4. The molecule has 3 N–H and O–H groups in total. The summed E-state index contributed by atoms with van der Waals surface area (Å²) in [4.78, 5) is 11.2. The van der Waals surface area contributed by atoms with Crippen molar-refractivity contribution in [3.8, 4) is 0 Å². The summed E-state index contributed by atoms with van der Waals surface area (Å²) in [6, 6.07) is 12.9. The number of sulfonamides is 1. The second-order valence-electron chi connectivity index (χ2n) is 6.27. The molecule has 0 amide bonds. The van der Waals surface area contributed by atoms with E-state index in [-0.39, 0.29) is 23.1 Å². The number of ether oxygens (including phenoxy) is 1. The zero-order chi connectivity index (χ0) is 20.0. The lowest BCUT2D eigenvalue weighted by atomic mass is 10.1. The number of rotatable bonds is 9. The van der Waals surface area contributed by atoms with Gasteiger partial charge < -0.3 is 15.2 Å². The first-order valence-corrected chi connectivity index (χ1v) is 9.93. The molecule has 0 spiro atoms. The van der Waals surface area contributed by atoms with Gasteiger partial charge >= 0.3 is 5.97 Å². The van der Waals surface area contributed by atoms with Gasteiger partial charge in [-0.3, -0.25) is 0 Å². The lowest BCUT2D eigenvalue weighted by Gasteiger charge is -2.20. The van der Waals surface area contributed by atoms with Crippen LogP contribution in [-0.4, -0.2) is 39.3 Å². The topological polar surface area (TPSA) is 105 Å². The minimum absolute atomic E-state index is 0.104. The number of anilines is 1. The number of carbonyl (C=O) groups is 1. The Kier molecular flexibility index (Phi) is 6.95. The summed E-state index contributed by atoms with van der Waals surface area (Å²) in [6.07, 6.45) is 0. The number of aromatic carboxylic acids is 1. The maximum Gasteiger partial charge on any atom is 0.335 e. The van der Waals surface area contributed by atoms with Crippen molar-refractivity contribution >= 4 is 21.7 Å². The second-order valence-corrected chi connectivity index (χ2v) is 7.95. The molecule has 0 saturated heterocycles. The minimum atomic E-state index is -3.95. The van der Waals surface area contributed by atoms with Gasteiger partial charge in [0.15, 0.2) is 0 Å². The van der Waals surface area contributed by atoms with E-state index in [2.05, 4.69) is 10.0 Å². The van der Waals surface area contributed by atoms with Crippen LogP contribution in [0.2, 0.25) is 0 Å². The molecule has 2 aromatic rings. The molecule has 0 radical (unpaired) electrons. The van der Waals surface area contributed by atoms with Gasteiger partial charge in [-0.2, -0.15) is 0 Å². The zero-order valence-corrected chi connectivity index (χ0v) is 16.3. The van der Waals surface area contributed by atoms with E-state index in [1.54, 1.807) is 6.92 Å². The number of hydrogen-bond donors (Lipinski definition) is 3. The van der Waals surface area contributed by atoms with E-state index in [0.29, 0.717) is 5.69 Å². The molecule has 0 aliphatic carbocycles. The van der Waals surface area contributed by atoms with Crippen molar-refractivity contribution in [2.75, 3.05) is 19.0 Å². The third kappa shape index (κ3) is 5.53. The van der Waals surface area contributed by atoms with Gasteiger partial charge in [-0.05, 0) is 37.6 Å². The molecular weight excluding hydrogens is 368 g/mol. The van der Waals surface area contributed by atoms with Crippen molar-refractivity contribution in [1.29, 1.82) is 0 Å². The molecule has 0 saturated carbocycles. The molecule has 0 heterocycles. The lowest BCUT2D eigenvalue weighted by molar-refractivity contribution is 0.0696. The molecule has 0 fully saturated rings. The highest BCUT2D eigenvalue weighted by molar-refractivity contribution is 7.89. The molecular formula is C19H24N2O5S. The van der Waals surface area contributed by atoms with Crippen LogP contribution in [0.5, 0.6) is 0 Å². The molecule has 0 unspecified atom stereocenters. The second kappa shape index (κ2) is 8.98. The van der Waals surface area contributed by atoms with Gasteiger partial charge in [0.2, 0.25) is 10.0 Å². The number of benzene rings is 2. The first-order chi connectivity index (χ1) is 12.7. The summed E-state index contributed by atoms with van der Waals surface area (Å²) in [5.41, 5.74) is 1.20. The molecule has 0 bridgehead atoms.